The van der Waals surface area contributed by atoms with Crippen LogP contribution in [0.1, 0.15) is 59.3 Å². The normalized spacial score (nSPS) is 11.3. The second-order valence-corrected chi connectivity index (χ2v) is 6.13. The molecular formula is C14H33NO4S. The summed E-state index contributed by atoms with van der Waals surface area (Å²) in [5.74, 6) is 0. The molecule has 0 radical (unpaired) electrons. The van der Waals surface area contributed by atoms with Gasteiger partial charge in [0.05, 0.1) is 14.2 Å². The lowest BCUT2D eigenvalue weighted by molar-refractivity contribution is 0.261. The van der Waals surface area contributed by atoms with Gasteiger partial charge in [-0.2, -0.15) is 8.42 Å². The largest absolute Gasteiger partial charge is 0.399 e. The van der Waals surface area contributed by atoms with Crippen molar-refractivity contribution in [2.75, 3.05) is 33.9 Å². The van der Waals surface area contributed by atoms with Crippen molar-refractivity contribution < 1.29 is 16.8 Å². The first-order chi connectivity index (χ1) is 9.47. The Morgan fingerprint density at radius 2 is 1.05 bits per heavy atom. The molecule has 0 aliphatic carbocycles. The molecule has 6 heteroatoms. The molecule has 0 aromatic heterocycles. The standard InChI is InChI=1S/C12H27N.C2H6O4S/c1-4-7-10-13(11-8-5-2)12-9-6-3;1-5-7(3,4)6-2/h4-12H2,1-3H3;1-2H3. The van der Waals surface area contributed by atoms with Crippen LogP contribution in [0.5, 0.6) is 0 Å². The number of unbranched alkanes of at least 4 members (excludes halogenated alkanes) is 3. The van der Waals surface area contributed by atoms with Crippen molar-refractivity contribution in [2.24, 2.45) is 0 Å². The van der Waals surface area contributed by atoms with Crippen molar-refractivity contribution in [2.45, 2.75) is 59.3 Å². The minimum Gasteiger partial charge on any atom is -0.303 e. The molecule has 0 rings (SSSR count). The maximum atomic E-state index is 9.92. The molecule has 0 unspecified atom stereocenters. The first kappa shape index (κ1) is 22.1. The molecule has 0 spiro atoms. The summed E-state index contributed by atoms with van der Waals surface area (Å²) >= 11 is 0. The number of hydrogen-bond donors (Lipinski definition) is 0. The number of rotatable bonds is 11. The molecule has 0 heterocycles. The van der Waals surface area contributed by atoms with Crippen LogP contribution in [0.3, 0.4) is 0 Å². The maximum Gasteiger partial charge on any atom is 0.399 e. The van der Waals surface area contributed by atoms with E-state index in [1.807, 2.05) is 0 Å². The van der Waals surface area contributed by atoms with E-state index in [1.165, 1.54) is 58.2 Å². The Hall–Kier alpha value is -0.170. The molecule has 124 valence electrons. The van der Waals surface area contributed by atoms with Gasteiger partial charge in [0.2, 0.25) is 0 Å². The molecule has 20 heavy (non-hydrogen) atoms. The first-order valence-corrected chi connectivity index (χ1v) is 8.89. The van der Waals surface area contributed by atoms with Gasteiger partial charge in [-0.3, -0.25) is 8.37 Å². The Morgan fingerprint density at radius 3 is 1.20 bits per heavy atom. The average Bonchev–Trinajstić information content (AvgIpc) is 2.47. The van der Waals surface area contributed by atoms with Crippen molar-refractivity contribution in [1.29, 1.82) is 0 Å². The van der Waals surface area contributed by atoms with E-state index in [0.29, 0.717) is 0 Å². The highest BCUT2D eigenvalue weighted by atomic mass is 32.3. The van der Waals surface area contributed by atoms with Crippen LogP contribution in [0.4, 0.5) is 0 Å². The molecular weight excluding hydrogens is 278 g/mol. The van der Waals surface area contributed by atoms with Gasteiger partial charge in [0.25, 0.3) is 0 Å². The van der Waals surface area contributed by atoms with Crippen LogP contribution >= 0.6 is 0 Å². The molecule has 0 atom stereocenters. The maximum absolute atomic E-state index is 9.92. The van der Waals surface area contributed by atoms with E-state index in [4.69, 9.17) is 0 Å². The van der Waals surface area contributed by atoms with Crippen molar-refractivity contribution in [3.63, 3.8) is 0 Å². The summed E-state index contributed by atoms with van der Waals surface area (Å²) in [6.45, 7) is 10.8. The minimum atomic E-state index is -3.66. The van der Waals surface area contributed by atoms with Gasteiger partial charge in [-0.05, 0) is 38.9 Å². The van der Waals surface area contributed by atoms with Gasteiger partial charge >= 0.3 is 10.4 Å². The smallest absolute Gasteiger partial charge is 0.303 e. The van der Waals surface area contributed by atoms with E-state index in [2.05, 4.69) is 34.0 Å². The zero-order valence-electron chi connectivity index (χ0n) is 13.9. The molecule has 5 nitrogen and oxygen atoms in total. The average molecular weight is 311 g/mol. The van der Waals surface area contributed by atoms with E-state index in [1.54, 1.807) is 0 Å². The SMILES string of the molecule is CCCCN(CCCC)CCCC.COS(=O)(=O)OC. The summed E-state index contributed by atoms with van der Waals surface area (Å²) in [4.78, 5) is 2.64. The summed E-state index contributed by atoms with van der Waals surface area (Å²) in [5.41, 5.74) is 0. The van der Waals surface area contributed by atoms with E-state index in [-0.39, 0.29) is 0 Å². The van der Waals surface area contributed by atoms with Crippen LogP contribution in [0.25, 0.3) is 0 Å². The number of nitrogens with zero attached hydrogens (tertiary/aromatic N) is 1. The van der Waals surface area contributed by atoms with Crippen molar-refractivity contribution >= 4 is 10.4 Å². The van der Waals surface area contributed by atoms with Crippen LogP contribution in [-0.2, 0) is 18.8 Å². The lowest BCUT2D eigenvalue weighted by atomic mass is 10.2. The molecule has 0 saturated heterocycles. The molecule has 0 fully saturated rings. The predicted octanol–water partition coefficient (Wildman–Crippen LogP) is 3.21. The van der Waals surface area contributed by atoms with Gasteiger partial charge in [-0.15, -0.1) is 0 Å². The van der Waals surface area contributed by atoms with Crippen molar-refractivity contribution in [3.05, 3.63) is 0 Å². The highest BCUT2D eigenvalue weighted by molar-refractivity contribution is 7.81. The number of hydrogen-bond acceptors (Lipinski definition) is 5. The van der Waals surface area contributed by atoms with Gasteiger partial charge in [0, 0.05) is 0 Å². The van der Waals surface area contributed by atoms with Crippen molar-refractivity contribution in [1.82, 2.24) is 4.90 Å². The van der Waals surface area contributed by atoms with Crippen LogP contribution in [0.15, 0.2) is 0 Å². The lowest BCUT2D eigenvalue weighted by Gasteiger charge is -2.21. The second-order valence-electron chi connectivity index (χ2n) is 4.64. The Labute approximate surface area is 126 Å². The summed E-state index contributed by atoms with van der Waals surface area (Å²) in [5, 5.41) is 0. The van der Waals surface area contributed by atoms with E-state index >= 15 is 0 Å². The fourth-order valence-corrected chi connectivity index (χ4v) is 1.68. The fourth-order valence-electron chi connectivity index (χ4n) is 1.55. The van der Waals surface area contributed by atoms with Crippen LogP contribution in [0, 0.1) is 0 Å². The molecule has 0 N–H and O–H groups in total. The second kappa shape index (κ2) is 15.2. The Balaban J connectivity index is 0. The molecule has 0 amide bonds. The van der Waals surface area contributed by atoms with E-state index in [0.717, 1.165) is 14.2 Å². The van der Waals surface area contributed by atoms with Crippen molar-refractivity contribution in [3.8, 4) is 0 Å². The summed E-state index contributed by atoms with van der Waals surface area (Å²) in [6, 6.07) is 0. The van der Waals surface area contributed by atoms with Gasteiger partial charge in [-0.1, -0.05) is 40.0 Å². The highest BCUT2D eigenvalue weighted by Gasteiger charge is 2.02. The molecule has 0 aromatic carbocycles. The Kier molecular flexibility index (Phi) is 16.8. The van der Waals surface area contributed by atoms with Crippen LogP contribution < -0.4 is 0 Å². The molecule has 0 aliphatic heterocycles. The minimum absolute atomic E-state index is 1.03. The lowest BCUT2D eigenvalue weighted by Crippen LogP contribution is -2.27. The van der Waals surface area contributed by atoms with Gasteiger partial charge in [0.15, 0.2) is 0 Å². The molecule has 0 aliphatic rings. The third-order valence-electron chi connectivity index (χ3n) is 2.89. The summed E-state index contributed by atoms with van der Waals surface area (Å²) < 4.78 is 27.5. The van der Waals surface area contributed by atoms with Crippen LogP contribution in [0.2, 0.25) is 0 Å². The summed E-state index contributed by atoms with van der Waals surface area (Å²) in [6.07, 6.45) is 8.09. The zero-order valence-corrected chi connectivity index (χ0v) is 14.7. The third-order valence-corrected chi connectivity index (χ3v) is 3.71. The molecule has 0 aromatic rings. The Bertz CT molecular complexity index is 252. The predicted molar refractivity (Wildman–Crippen MR) is 84.1 cm³/mol. The van der Waals surface area contributed by atoms with Gasteiger partial charge < -0.3 is 4.90 Å². The monoisotopic (exact) mass is 311 g/mol. The highest BCUT2D eigenvalue weighted by Crippen LogP contribution is 2.01. The quantitative estimate of drug-likeness (QED) is 0.586. The molecule has 0 saturated carbocycles. The van der Waals surface area contributed by atoms with Gasteiger partial charge in [0.1, 0.15) is 0 Å². The topological polar surface area (TPSA) is 55.8 Å². The first-order valence-electron chi connectivity index (χ1n) is 7.55. The third kappa shape index (κ3) is 15.9. The zero-order chi connectivity index (χ0) is 15.9. The van der Waals surface area contributed by atoms with Gasteiger partial charge in [-0.25, -0.2) is 0 Å². The molecule has 0 bridgehead atoms. The Morgan fingerprint density at radius 1 is 0.750 bits per heavy atom. The summed E-state index contributed by atoms with van der Waals surface area (Å²) in [7, 11) is -1.60. The van der Waals surface area contributed by atoms with E-state index in [9.17, 15) is 8.42 Å². The fraction of sp³-hybridized carbons (Fsp3) is 1.00. The van der Waals surface area contributed by atoms with Crippen LogP contribution in [-0.4, -0.2) is 47.2 Å². The van der Waals surface area contributed by atoms with E-state index < -0.39 is 10.4 Å².